The summed E-state index contributed by atoms with van der Waals surface area (Å²) >= 11 is 0. The molecule has 0 saturated carbocycles. The third-order valence-electron chi connectivity index (χ3n) is 2.25. The zero-order chi connectivity index (χ0) is 9.38. The molecule has 0 bridgehead atoms. The van der Waals surface area contributed by atoms with Crippen LogP contribution in [0.2, 0.25) is 0 Å². The molecule has 1 unspecified atom stereocenters. The van der Waals surface area contributed by atoms with E-state index in [0.717, 1.165) is 11.4 Å². The van der Waals surface area contributed by atoms with Gasteiger partial charge in [-0.3, -0.25) is 0 Å². The Morgan fingerprint density at radius 1 is 1.07 bits per heavy atom. The summed E-state index contributed by atoms with van der Waals surface area (Å²) in [7, 11) is 0. The van der Waals surface area contributed by atoms with Crippen molar-refractivity contribution < 1.29 is 0 Å². The topological polar surface area (TPSA) is 42.5 Å². The largest absolute Gasteiger partial charge is 0.215 e. The fraction of sp³-hybridized carbons (Fsp3) is 0.100. The number of fused-ring (bicyclic) bond motifs is 1. The van der Waals surface area contributed by atoms with Gasteiger partial charge in [-0.2, -0.15) is 10.2 Å². The van der Waals surface area contributed by atoms with Crippen LogP contribution in [0.5, 0.6) is 0 Å². The SMILES string of the molecule is c1ccc(C2N=Nc3ccnn32)cc1. The molecule has 1 aliphatic rings. The van der Waals surface area contributed by atoms with E-state index in [1.807, 2.05) is 41.1 Å². The third kappa shape index (κ3) is 0.970. The molecule has 2 aromatic rings. The van der Waals surface area contributed by atoms with Gasteiger partial charge in [0.2, 0.25) is 0 Å². The highest BCUT2D eigenvalue weighted by atomic mass is 15.5. The molecule has 1 aromatic heterocycles. The van der Waals surface area contributed by atoms with Gasteiger partial charge in [-0.25, -0.2) is 4.68 Å². The van der Waals surface area contributed by atoms with Gasteiger partial charge in [0.15, 0.2) is 12.0 Å². The molecule has 1 aliphatic heterocycles. The Kier molecular flexibility index (Phi) is 1.47. The average molecular weight is 184 g/mol. The molecule has 0 saturated heterocycles. The first-order valence-electron chi connectivity index (χ1n) is 4.44. The van der Waals surface area contributed by atoms with E-state index < -0.39 is 0 Å². The van der Waals surface area contributed by atoms with Crippen molar-refractivity contribution in [3.63, 3.8) is 0 Å². The van der Waals surface area contributed by atoms with Crippen LogP contribution in [-0.4, -0.2) is 9.78 Å². The highest BCUT2D eigenvalue weighted by Crippen LogP contribution is 2.31. The lowest BCUT2D eigenvalue weighted by Gasteiger charge is -2.07. The normalized spacial score (nSPS) is 18.4. The van der Waals surface area contributed by atoms with Crippen LogP contribution in [0.25, 0.3) is 0 Å². The van der Waals surface area contributed by atoms with Crippen LogP contribution in [0.15, 0.2) is 52.8 Å². The smallest absolute Gasteiger partial charge is 0.190 e. The molecule has 0 aliphatic carbocycles. The molecule has 2 heterocycles. The summed E-state index contributed by atoms with van der Waals surface area (Å²) in [5.74, 6) is 0.818. The van der Waals surface area contributed by atoms with Gasteiger partial charge in [-0.1, -0.05) is 30.3 Å². The van der Waals surface area contributed by atoms with Crippen molar-refractivity contribution in [3.05, 3.63) is 48.2 Å². The molecule has 3 rings (SSSR count). The number of hydrogen-bond acceptors (Lipinski definition) is 3. The molecule has 0 spiro atoms. The maximum atomic E-state index is 4.18. The van der Waals surface area contributed by atoms with Crippen molar-refractivity contribution in [3.8, 4) is 0 Å². The first kappa shape index (κ1) is 7.44. The number of hydrogen-bond donors (Lipinski definition) is 0. The summed E-state index contributed by atoms with van der Waals surface area (Å²) in [6.45, 7) is 0. The maximum absolute atomic E-state index is 4.18. The lowest BCUT2D eigenvalue weighted by atomic mass is 10.2. The number of aromatic nitrogens is 2. The minimum atomic E-state index is -0.0822. The fourth-order valence-electron chi connectivity index (χ4n) is 1.57. The predicted molar refractivity (Wildman–Crippen MR) is 51.3 cm³/mol. The monoisotopic (exact) mass is 184 g/mol. The molecule has 1 atom stereocenters. The van der Waals surface area contributed by atoms with Gasteiger partial charge in [0.25, 0.3) is 0 Å². The van der Waals surface area contributed by atoms with E-state index in [9.17, 15) is 0 Å². The van der Waals surface area contributed by atoms with Crippen molar-refractivity contribution in [2.75, 3.05) is 0 Å². The number of azo groups is 1. The van der Waals surface area contributed by atoms with Crippen molar-refractivity contribution in [1.29, 1.82) is 0 Å². The van der Waals surface area contributed by atoms with Crippen molar-refractivity contribution in [2.45, 2.75) is 6.17 Å². The molecule has 14 heavy (non-hydrogen) atoms. The van der Waals surface area contributed by atoms with Crippen LogP contribution in [0.1, 0.15) is 11.7 Å². The molecule has 0 amide bonds. The predicted octanol–water partition coefficient (Wildman–Crippen LogP) is 2.53. The molecule has 0 fully saturated rings. The van der Waals surface area contributed by atoms with E-state index in [4.69, 9.17) is 0 Å². The standard InChI is InChI=1S/C10H8N4/c1-2-4-8(5-3-1)10-13-12-9-6-7-11-14(9)10/h1-7,10H. The zero-order valence-corrected chi connectivity index (χ0v) is 7.41. The van der Waals surface area contributed by atoms with Gasteiger partial charge in [0.05, 0.1) is 6.20 Å². The minimum Gasteiger partial charge on any atom is -0.215 e. The minimum absolute atomic E-state index is 0.0822. The van der Waals surface area contributed by atoms with E-state index in [1.165, 1.54) is 0 Å². The van der Waals surface area contributed by atoms with Crippen LogP contribution in [0, 0.1) is 0 Å². The summed E-state index contributed by atoms with van der Waals surface area (Å²) in [5.41, 5.74) is 1.11. The summed E-state index contributed by atoms with van der Waals surface area (Å²) in [4.78, 5) is 0. The maximum Gasteiger partial charge on any atom is 0.190 e. The molecule has 4 nitrogen and oxygen atoms in total. The molecule has 0 N–H and O–H groups in total. The second-order valence-corrected chi connectivity index (χ2v) is 3.13. The first-order valence-corrected chi connectivity index (χ1v) is 4.44. The van der Waals surface area contributed by atoms with Crippen molar-refractivity contribution in [2.24, 2.45) is 10.2 Å². The zero-order valence-electron chi connectivity index (χ0n) is 7.41. The van der Waals surface area contributed by atoms with Crippen molar-refractivity contribution in [1.82, 2.24) is 9.78 Å². The Morgan fingerprint density at radius 2 is 1.93 bits per heavy atom. The Hall–Kier alpha value is -1.97. The Bertz CT molecular complexity index is 472. The van der Waals surface area contributed by atoms with Crippen LogP contribution >= 0.6 is 0 Å². The Labute approximate surface area is 80.9 Å². The highest BCUT2D eigenvalue weighted by Gasteiger charge is 2.20. The summed E-state index contributed by atoms with van der Waals surface area (Å²) < 4.78 is 1.81. The second kappa shape index (κ2) is 2.77. The first-order chi connectivity index (χ1) is 6.95. The average Bonchev–Trinajstić information content (AvgIpc) is 2.79. The summed E-state index contributed by atoms with van der Waals surface area (Å²) in [6.07, 6.45) is 1.66. The van der Waals surface area contributed by atoms with Crippen LogP contribution in [0.3, 0.4) is 0 Å². The van der Waals surface area contributed by atoms with Crippen LogP contribution in [-0.2, 0) is 0 Å². The number of rotatable bonds is 1. The quantitative estimate of drug-likeness (QED) is 0.671. The molecule has 4 heteroatoms. The third-order valence-corrected chi connectivity index (χ3v) is 2.25. The summed E-state index contributed by atoms with van der Waals surface area (Å²) in [5, 5.41) is 12.4. The second-order valence-electron chi connectivity index (χ2n) is 3.13. The Balaban J connectivity index is 2.08. The van der Waals surface area contributed by atoms with Crippen LogP contribution < -0.4 is 0 Å². The molecular weight excluding hydrogens is 176 g/mol. The van der Waals surface area contributed by atoms with Gasteiger partial charge in [0, 0.05) is 11.6 Å². The van der Waals surface area contributed by atoms with E-state index >= 15 is 0 Å². The van der Waals surface area contributed by atoms with Crippen LogP contribution in [0.4, 0.5) is 5.82 Å². The Morgan fingerprint density at radius 3 is 2.79 bits per heavy atom. The van der Waals surface area contributed by atoms with Crippen molar-refractivity contribution >= 4 is 5.82 Å². The van der Waals surface area contributed by atoms with Gasteiger partial charge >= 0.3 is 0 Å². The van der Waals surface area contributed by atoms with Gasteiger partial charge in [-0.05, 0) is 0 Å². The summed E-state index contributed by atoms with van der Waals surface area (Å²) in [6, 6.07) is 11.9. The van der Waals surface area contributed by atoms with E-state index in [-0.39, 0.29) is 6.17 Å². The van der Waals surface area contributed by atoms with E-state index in [1.54, 1.807) is 6.20 Å². The van der Waals surface area contributed by atoms with Gasteiger partial charge in [0.1, 0.15) is 0 Å². The highest BCUT2D eigenvalue weighted by molar-refractivity contribution is 5.31. The molecule has 1 aromatic carbocycles. The van der Waals surface area contributed by atoms with Gasteiger partial charge in [-0.15, -0.1) is 5.11 Å². The lowest BCUT2D eigenvalue weighted by Crippen LogP contribution is -2.04. The number of benzene rings is 1. The molecule has 0 radical (unpaired) electrons. The lowest BCUT2D eigenvalue weighted by molar-refractivity contribution is 0.572. The van der Waals surface area contributed by atoms with E-state index in [2.05, 4.69) is 15.3 Å². The van der Waals surface area contributed by atoms with E-state index in [0.29, 0.717) is 0 Å². The molecule has 68 valence electrons. The fourth-order valence-corrected chi connectivity index (χ4v) is 1.57. The number of nitrogens with zero attached hydrogens (tertiary/aromatic N) is 4. The molecular formula is C10H8N4. The van der Waals surface area contributed by atoms with Gasteiger partial charge < -0.3 is 0 Å².